The second-order valence-electron chi connectivity index (χ2n) is 8.37. The monoisotopic (exact) mass is 367 g/mol. The molecule has 1 N–H and O–H groups in total. The minimum Gasteiger partial charge on any atom is -0.387 e. The third kappa shape index (κ3) is 4.92. The molecule has 0 saturated carbocycles. The van der Waals surface area contributed by atoms with Crippen LogP contribution in [0.1, 0.15) is 80.7 Å². The topological polar surface area (TPSA) is 23.5 Å². The molecule has 1 atom stereocenters. The van der Waals surface area contributed by atoms with E-state index in [2.05, 4.69) is 49.9 Å². The van der Waals surface area contributed by atoms with E-state index in [1.807, 2.05) is 0 Å². The smallest absolute Gasteiger partial charge is 0.0917 e. The van der Waals surface area contributed by atoms with Crippen molar-refractivity contribution in [1.29, 1.82) is 0 Å². The van der Waals surface area contributed by atoms with Crippen molar-refractivity contribution in [3.63, 3.8) is 0 Å². The molecular weight excluding hydrogens is 330 g/mol. The minimum absolute atomic E-state index is 0.404. The number of aliphatic hydroxyl groups excluding tert-OH is 1. The van der Waals surface area contributed by atoms with E-state index >= 15 is 0 Å². The number of aryl methyl sites for hydroxylation is 3. The molecule has 0 amide bonds. The molecular formula is C25H37NO. The Balaban J connectivity index is 1.82. The number of rotatable bonds is 9. The zero-order valence-electron chi connectivity index (χ0n) is 17.6. The molecule has 2 nitrogen and oxygen atoms in total. The fraction of sp³-hybridized carbons (Fsp3) is 0.600. The Kier molecular flexibility index (Phi) is 7.32. The van der Waals surface area contributed by atoms with E-state index in [1.54, 1.807) is 11.1 Å². The second kappa shape index (κ2) is 9.71. The van der Waals surface area contributed by atoms with Crippen molar-refractivity contribution >= 4 is 10.8 Å². The first-order valence-corrected chi connectivity index (χ1v) is 11.1. The van der Waals surface area contributed by atoms with Gasteiger partial charge in [0.1, 0.15) is 0 Å². The lowest BCUT2D eigenvalue weighted by molar-refractivity contribution is 0.111. The number of unbranched alkanes of at least 4 members (excludes halogenated alkanes) is 2. The molecule has 0 saturated heterocycles. The van der Waals surface area contributed by atoms with Crippen LogP contribution in [0.15, 0.2) is 24.3 Å². The fourth-order valence-electron chi connectivity index (χ4n) is 4.50. The highest BCUT2D eigenvalue weighted by Gasteiger charge is 2.17. The standard InChI is InChI=1S/C25H37NO/c1-4-6-14-26(15-7-5-2)18-25(27)21-12-13-23-22-11-9-8-10-20(22)16-19(3)24(23)17-21/h12-13,16-17,25,27H,4-11,14-15,18H2,1-3H3. The molecule has 3 rings (SSSR count). The molecule has 0 aromatic heterocycles. The van der Waals surface area contributed by atoms with Gasteiger partial charge in [-0.15, -0.1) is 0 Å². The van der Waals surface area contributed by atoms with Crippen molar-refractivity contribution in [2.24, 2.45) is 0 Å². The fourth-order valence-corrected chi connectivity index (χ4v) is 4.50. The normalized spacial score (nSPS) is 15.3. The third-order valence-corrected chi connectivity index (χ3v) is 6.17. The van der Waals surface area contributed by atoms with Gasteiger partial charge in [-0.3, -0.25) is 0 Å². The molecule has 0 bridgehead atoms. The van der Waals surface area contributed by atoms with E-state index in [9.17, 15) is 5.11 Å². The summed E-state index contributed by atoms with van der Waals surface area (Å²) in [6, 6.07) is 9.08. The largest absolute Gasteiger partial charge is 0.387 e. The summed E-state index contributed by atoms with van der Waals surface area (Å²) in [7, 11) is 0. The maximum absolute atomic E-state index is 10.9. The molecule has 2 heteroatoms. The Morgan fingerprint density at radius 2 is 1.67 bits per heavy atom. The summed E-state index contributed by atoms with van der Waals surface area (Å²) >= 11 is 0. The van der Waals surface area contributed by atoms with Gasteiger partial charge in [-0.1, -0.05) is 44.9 Å². The second-order valence-corrected chi connectivity index (χ2v) is 8.37. The number of nitrogens with zero attached hydrogens (tertiary/aromatic N) is 1. The average molecular weight is 368 g/mol. The van der Waals surface area contributed by atoms with Gasteiger partial charge in [0, 0.05) is 6.54 Å². The molecule has 1 aliphatic carbocycles. The highest BCUT2D eigenvalue weighted by molar-refractivity contribution is 5.90. The van der Waals surface area contributed by atoms with Crippen LogP contribution in [-0.2, 0) is 12.8 Å². The first kappa shape index (κ1) is 20.4. The van der Waals surface area contributed by atoms with E-state index < -0.39 is 6.10 Å². The third-order valence-electron chi connectivity index (χ3n) is 6.17. The summed E-state index contributed by atoms with van der Waals surface area (Å²) < 4.78 is 0. The molecule has 2 aromatic carbocycles. The predicted octanol–water partition coefficient (Wildman–Crippen LogP) is 5.96. The van der Waals surface area contributed by atoms with E-state index in [1.165, 1.54) is 67.7 Å². The number of hydrogen-bond acceptors (Lipinski definition) is 2. The Bertz CT molecular complexity index is 744. The van der Waals surface area contributed by atoms with Gasteiger partial charge in [-0.2, -0.15) is 0 Å². The zero-order valence-corrected chi connectivity index (χ0v) is 17.6. The van der Waals surface area contributed by atoms with Crippen LogP contribution in [0.25, 0.3) is 10.8 Å². The lowest BCUT2D eigenvalue weighted by atomic mass is 9.85. The first-order valence-electron chi connectivity index (χ1n) is 11.1. The molecule has 2 aromatic rings. The van der Waals surface area contributed by atoms with Crippen LogP contribution >= 0.6 is 0 Å². The molecule has 0 radical (unpaired) electrons. The summed E-state index contributed by atoms with van der Waals surface area (Å²) in [6.07, 6.45) is 9.48. The van der Waals surface area contributed by atoms with E-state index in [0.29, 0.717) is 0 Å². The Labute approximate surface area is 165 Å². The van der Waals surface area contributed by atoms with Crippen LogP contribution < -0.4 is 0 Å². The quantitative estimate of drug-likeness (QED) is 0.591. The molecule has 27 heavy (non-hydrogen) atoms. The van der Waals surface area contributed by atoms with Crippen molar-refractivity contribution < 1.29 is 5.11 Å². The zero-order chi connectivity index (χ0) is 19.2. The van der Waals surface area contributed by atoms with Crippen molar-refractivity contribution in [3.8, 4) is 0 Å². The van der Waals surface area contributed by atoms with Gasteiger partial charge in [0.15, 0.2) is 0 Å². The summed E-state index contributed by atoms with van der Waals surface area (Å²) in [5.41, 5.74) is 5.52. The van der Waals surface area contributed by atoms with Gasteiger partial charge in [0.2, 0.25) is 0 Å². The molecule has 0 heterocycles. The van der Waals surface area contributed by atoms with Crippen molar-refractivity contribution in [2.75, 3.05) is 19.6 Å². The summed E-state index contributed by atoms with van der Waals surface area (Å²) in [5.74, 6) is 0. The SMILES string of the molecule is CCCCN(CCCC)CC(O)c1ccc2c3c(cc(C)c2c1)CCCC3. The maximum atomic E-state index is 10.9. The van der Waals surface area contributed by atoms with Gasteiger partial charge in [0.25, 0.3) is 0 Å². The summed E-state index contributed by atoms with van der Waals surface area (Å²) in [5, 5.41) is 13.7. The Hall–Kier alpha value is -1.38. The average Bonchev–Trinajstić information content (AvgIpc) is 2.69. The predicted molar refractivity (Wildman–Crippen MR) is 117 cm³/mol. The van der Waals surface area contributed by atoms with Crippen LogP contribution in [0, 0.1) is 6.92 Å². The molecule has 1 unspecified atom stereocenters. The highest BCUT2D eigenvalue weighted by atomic mass is 16.3. The van der Waals surface area contributed by atoms with Crippen LogP contribution in [-0.4, -0.2) is 29.6 Å². The first-order chi connectivity index (χ1) is 13.1. The van der Waals surface area contributed by atoms with Gasteiger partial charge in [-0.05, 0) is 97.6 Å². The molecule has 148 valence electrons. The van der Waals surface area contributed by atoms with E-state index in [0.717, 1.165) is 25.2 Å². The molecule has 1 aliphatic rings. The minimum atomic E-state index is -0.404. The van der Waals surface area contributed by atoms with Gasteiger partial charge in [-0.25, -0.2) is 0 Å². The van der Waals surface area contributed by atoms with Crippen LogP contribution in [0.3, 0.4) is 0 Å². The number of benzene rings is 2. The Morgan fingerprint density at radius 3 is 2.37 bits per heavy atom. The lowest BCUT2D eigenvalue weighted by Crippen LogP contribution is -2.30. The van der Waals surface area contributed by atoms with Gasteiger partial charge in [0.05, 0.1) is 6.10 Å². The molecule has 0 spiro atoms. The number of hydrogen-bond donors (Lipinski definition) is 1. The van der Waals surface area contributed by atoms with E-state index in [-0.39, 0.29) is 0 Å². The van der Waals surface area contributed by atoms with E-state index in [4.69, 9.17) is 0 Å². The van der Waals surface area contributed by atoms with Crippen LogP contribution in [0.5, 0.6) is 0 Å². The Morgan fingerprint density at radius 1 is 0.963 bits per heavy atom. The van der Waals surface area contributed by atoms with Crippen LogP contribution in [0.4, 0.5) is 0 Å². The maximum Gasteiger partial charge on any atom is 0.0917 e. The van der Waals surface area contributed by atoms with Crippen LogP contribution in [0.2, 0.25) is 0 Å². The highest BCUT2D eigenvalue weighted by Crippen LogP contribution is 2.33. The molecule has 0 aliphatic heterocycles. The van der Waals surface area contributed by atoms with Crippen molar-refractivity contribution in [1.82, 2.24) is 4.90 Å². The lowest BCUT2D eigenvalue weighted by Gasteiger charge is -2.26. The number of fused-ring (bicyclic) bond motifs is 3. The summed E-state index contributed by atoms with van der Waals surface area (Å²) in [6.45, 7) is 9.63. The van der Waals surface area contributed by atoms with Crippen molar-refractivity contribution in [2.45, 2.75) is 78.2 Å². The number of aliphatic hydroxyl groups is 1. The van der Waals surface area contributed by atoms with Crippen molar-refractivity contribution in [3.05, 3.63) is 46.5 Å². The molecule has 0 fully saturated rings. The van der Waals surface area contributed by atoms with Gasteiger partial charge >= 0.3 is 0 Å². The van der Waals surface area contributed by atoms with Gasteiger partial charge < -0.3 is 10.0 Å². The summed E-state index contributed by atoms with van der Waals surface area (Å²) in [4.78, 5) is 2.45.